The van der Waals surface area contributed by atoms with Crippen molar-refractivity contribution in [2.24, 2.45) is 0 Å². The van der Waals surface area contributed by atoms with E-state index in [1.165, 1.54) is 21.3 Å². The number of hydrogen-bond acceptors (Lipinski definition) is 9. The molecule has 154 valence electrons. The fraction of sp³-hybridized carbons (Fsp3) is 0.350. The number of nitrogens with zero attached hydrogens (tertiary/aromatic N) is 2. The average molecular weight is 401 g/mol. The molecule has 1 aromatic carbocycles. The zero-order valence-corrected chi connectivity index (χ0v) is 17.2. The first-order valence-electron chi connectivity index (χ1n) is 8.95. The molecule has 0 atom stereocenters. The average Bonchev–Trinajstić information content (AvgIpc) is 3.03. The number of carbonyl (C=O) groups is 1. The number of rotatable bonds is 7. The van der Waals surface area contributed by atoms with Gasteiger partial charge in [-0.3, -0.25) is 0 Å². The number of aromatic nitrogens is 2. The van der Waals surface area contributed by atoms with Gasteiger partial charge in [0.15, 0.2) is 11.5 Å². The molecule has 0 unspecified atom stereocenters. The summed E-state index contributed by atoms with van der Waals surface area (Å²) in [5, 5.41) is 3.65. The van der Waals surface area contributed by atoms with Gasteiger partial charge in [0.05, 0.1) is 33.3 Å². The number of hydrogen-bond donors (Lipinski definition) is 1. The van der Waals surface area contributed by atoms with Crippen molar-refractivity contribution >= 4 is 28.6 Å². The number of aryl methyl sites for hydroxylation is 2. The minimum absolute atomic E-state index is 0.243. The second-order valence-electron chi connectivity index (χ2n) is 6.09. The van der Waals surface area contributed by atoms with Crippen LogP contribution in [-0.2, 0) is 4.74 Å². The maximum Gasteiger partial charge on any atom is 0.342 e. The predicted molar refractivity (Wildman–Crippen MR) is 107 cm³/mol. The maximum absolute atomic E-state index is 12.5. The smallest absolute Gasteiger partial charge is 0.342 e. The van der Waals surface area contributed by atoms with Gasteiger partial charge in [-0.2, -0.15) is 4.98 Å². The number of fused-ring (bicyclic) bond motifs is 1. The minimum Gasteiger partial charge on any atom is -0.493 e. The number of nitrogens with one attached hydrogen (secondary N) is 1. The van der Waals surface area contributed by atoms with Crippen LogP contribution in [0.1, 0.15) is 28.9 Å². The molecule has 0 fully saturated rings. The van der Waals surface area contributed by atoms with E-state index < -0.39 is 5.97 Å². The number of benzene rings is 1. The SMILES string of the molecule is CCOC(=O)c1c(C)oc2nc(C)nc(Nc3cc(OC)c(OC)c(OC)c3)c12. The molecule has 2 aromatic heterocycles. The van der Waals surface area contributed by atoms with Gasteiger partial charge in [0.1, 0.15) is 23.0 Å². The van der Waals surface area contributed by atoms with Crippen molar-refractivity contribution < 1.29 is 28.2 Å². The summed E-state index contributed by atoms with van der Waals surface area (Å²) < 4.78 is 27.0. The predicted octanol–water partition coefficient (Wildman–Crippen LogP) is 3.79. The van der Waals surface area contributed by atoms with Gasteiger partial charge in [-0.1, -0.05) is 0 Å². The summed E-state index contributed by atoms with van der Waals surface area (Å²) >= 11 is 0. The van der Waals surface area contributed by atoms with E-state index in [-0.39, 0.29) is 12.2 Å². The van der Waals surface area contributed by atoms with Crippen LogP contribution in [0, 0.1) is 13.8 Å². The molecule has 3 rings (SSSR count). The van der Waals surface area contributed by atoms with Crippen molar-refractivity contribution in [1.29, 1.82) is 0 Å². The molecule has 0 saturated heterocycles. The van der Waals surface area contributed by atoms with Gasteiger partial charge in [-0.15, -0.1) is 0 Å². The Morgan fingerprint density at radius 1 is 1.07 bits per heavy atom. The molecule has 2 heterocycles. The molecule has 0 radical (unpaired) electrons. The van der Waals surface area contributed by atoms with Gasteiger partial charge in [0.2, 0.25) is 11.5 Å². The molecular formula is C20H23N3O6. The van der Waals surface area contributed by atoms with E-state index in [9.17, 15) is 4.79 Å². The van der Waals surface area contributed by atoms with Crippen LogP contribution < -0.4 is 19.5 Å². The Balaban J connectivity index is 2.17. The third-order valence-electron chi connectivity index (χ3n) is 4.25. The molecule has 0 spiro atoms. The topological polar surface area (TPSA) is 105 Å². The largest absolute Gasteiger partial charge is 0.493 e. The van der Waals surface area contributed by atoms with E-state index in [0.29, 0.717) is 51.4 Å². The maximum atomic E-state index is 12.5. The zero-order chi connectivity index (χ0) is 21.1. The lowest BCUT2D eigenvalue weighted by Crippen LogP contribution is -2.07. The third-order valence-corrected chi connectivity index (χ3v) is 4.25. The Hall–Kier alpha value is -3.49. The van der Waals surface area contributed by atoms with E-state index in [1.807, 2.05) is 0 Å². The van der Waals surface area contributed by atoms with Crippen LogP contribution in [0.25, 0.3) is 11.1 Å². The summed E-state index contributed by atoms with van der Waals surface area (Å²) in [5.74, 6) is 2.22. The minimum atomic E-state index is -0.496. The molecule has 3 aromatic rings. The zero-order valence-electron chi connectivity index (χ0n) is 17.2. The van der Waals surface area contributed by atoms with E-state index >= 15 is 0 Å². The summed E-state index contributed by atoms with van der Waals surface area (Å²) in [4.78, 5) is 21.3. The number of esters is 1. The number of furan rings is 1. The highest BCUT2D eigenvalue weighted by Crippen LogP contribution is 2.41. The number of anilines is 2. The van der Waals surface area contributed by atoms with E-state index in [4.69, 9.17) is 23.4 Å². The first-order valence-corrected chi connectivity index (χ1v) is 8.95. The normalized spacial score (nSPS) is 10.7. The molecule has 0 saturated carbocycles. The second-order valence-corrected chi connectivity index (χ2v) is 6.09. The molecule has 0 amide bonds. The molecule has 0 aliphatic rings. The quantitative estimate of drug-likeness (QED) is 0.592. The first kappa shape index (κ1) is 20.2. The molecule has 1 N–H and O–H groups in total. The van der Waals surface area contributed by atoms with Crippen LogP contribution in [0.2, 0.25) is 0 Å². The van der Waals surface area contributed by atoms with Crippen LogP contribution in [0.3, 0.4) is 0 Å². The molecular weight excluding hydrogens is 378 g/mol. The molecule has 9 nitrogen and oxygen atoms in total. The van der Waals surface area contributed by atoms with Crippen molar-refractivity contribution in [2.45, 2.75) is 20.8 Å². The third kappa shape index (κ3) is 3.75. The lowest BCUT2D eigenvalue weighted by molar-refractivity contribution is 0.0526. The molecule has 0 aliphatic carbocycles. The van der Waals surface area contributed by atoms with E-state index in [2.05, 4.69) is 15.3 Å². The lowest BCUT2D eigenvalue weighted by Gasteiger charge is -2.15. The number of ether oxygens (including phenoxy) is 4. The van der Waals surface area contributed by atoms with Crippen molar-refractivity contribution in [3.05, 3.63) is 29.3 Å². The van der Waals surface area contributed by atoms with Crippen molar-refractivity contribution in [2.75, 3.05) is 33.3 Å². The Bertz CT molecular complexity index is 1040. The number of carbonyl (C=O) groups excluding carboxylic acids is 1. The highest BCUT2D eigenvalue weighted by atomic mass is 16.5. The highest BCUT2D eigenvalue weighted by molar-refractivity contribution is 6.08. The van der Waals surface area contributed by atoms with Crippen molar-refractivity contribution in [3.63, 3.8) is 0 Å². The van der Waals surface area contributed by atoms with Crippen LogP contribution in [0.5, 0.6) is 17.2 Å². The number of methoxy groups -OCH3 is 3. The van der Waals surface area contributed by atoms with Crippen LogP contribution >= 0.6 is 0 Å². The standard InChI is InChI=1S/C20H23N3O6/c1-7-28-20(24)15-10(2)29-19-16(15)18(21-11(3)22-19)23-12-8-13(25-4)17(27-6)14(9-12)26-5/h8-9H,7H2,1-6H3,(H,21,22,23). The van der Waals surface area contributed by atoms with E-state index in [0.717, 1.165) is 0 Å². The Morgan fingerprint density at radius 3 is 2.28 bits per heavy atom. The second kappa shape index (κ2) is 8.26. The summed E-state index contributed by atoms with van der Waals surface area (Å²) in [6.07, 6.45) is 0. The van der Waals surface area contributed by atoms with Crippen LogP contribution in [0.4, 0.5) is 11.5 Å². The first-order chi connectivity index (χ1) is 13.9. The summed E-state index contributed by atoms with van der Waals surface area (Å²) in [5.41, 5.74) is 1.21. The fourth-order valence-corrected chi connectivity index (χ4v) is 3.05. The summed E-state index contributed by atoms with van der Waals surface area (Å²) in [6, 6.07) is 3.48. The van der Waals surface area contributed by atoms with Gasteiger partial charge in [0, 0.05) is 17.8 Å². The Morgan fingerprint density at radius 2 is 1.72 bits per heavy atom. The molecule has 29 heavy (non-hydrogen) atoms. The summed E-state index contributed by atoms with van der Waals surface area (Å²) in [7, 11) is 4.60. The van der Waals surface area contributed by atoms with Gasteiger partial charge in [-0.05, 0) is 20.8 Å². The molecule has 9 heteroatoms. The van der Waals surface area contributed by atoms with Crippen molar-refractivity contribution in [1.82, 2.24) is 9.97 Å². The fourth-order valence-electron chi connectivity index (χ4n) is 3.05. The van der Waals surface area contributed by atoms with Crippen LogP contribution in [0.15, 0.2) is 16.5 Å². The molecule has 0 aliphatic heterocycles. The van der Waals surface area contributed by atoms with Gasteiger partial charge >= 0.3 is 5.97 Å². The van der Waals surface area contributed by atoms with Gasteiger partial charge in [0.25, 0.3) is 0 Å². The molecule has 0 bridgehead atoms. The van der Waals surface area contributed by atoms with Crippen LogP contribution in [-0.4, -0.2) is 43.9 Å². The lowest BCUT2D eigenvalue weighted by atomic mass is 10.1. The highest BCUT2D eigenvalue weighted by Gasteiger charge is 2.25. The summed E-state index contributed by atoms with van der Waals surface area (Å²) in [6.45, 7) is 5.41. The Kier molecular flexibility index (Phi) is 5.76. The van der Waals surface area contributed by atoms with E-state index in [1.54, 1.807) is 32.9 Å². The van der Waals surface area contributed by atoms with Gasteiger partial charge in [-0.25, -0.2) is 9.78 Å². The Labute approximate surface area is 167 Å². The van der Waals surface area contributed by atoms with Crippen molar-refractivity contribution in [3.8, 4) is 17.2 Å². The monoisotopic (exact) mass is 401 g/mol. The van der Waals surface area contributed by atoms with Gasteiger partial charge < -0.3 is 28.7 Å².